The van der Waals surface area contributed by atoms with Gasteiger partial charge in [-0.1, -0.05) is 6.07 Å². The number of hydrogen-bond acceptors (Lipinski definition) is 5. The van der Waals surface area contributed by atoms with E-state index < -0.39 is 10.0 Å². The van der Waals surface area contributed by atoms with Gasteiger partial charge >= 0.3 is 0 Å². The highest BCUT2D eigenvalue weighted by Gasteiger charge is 2.47. The summed E-state index contributed by atoms with van der Waals surface area (Å²) in [7, 11) is -3.46. The van der Waals surface area contributed by atoms with E-state index in [1.54, 1.807) is 29.8 Å². The van der Waals surface area contributed by atoms with Crippen molar-refractivity contribution in [1.82, 2.24) is 14.6 Å². The van der Waals surface area contributed by atoms with Crippen molar-refractivity contribution in [3.63, 3.8) is 0 Å². The van der Waals surface area contributed by atoms with Crippen LogP contribution in [0.3, 0.4) is 0 Å². The Morgan fingerprint density at radius 3 is 2.76 bits per heavy atom. The van der Waals surface area contributed by atoms with Crippen LogP contribution in [0.5, 0.6) is 0 Å². The zero-order valence-corrected chi connectivity index (χ0v) is 15.4. The van der Waals surface area contributed by atoms with E-state index in [1.165, 1.54) is 11.3 Å². The van der Waals surface area contributed by atoms with Crippen LogP contribution >= 0.6 is 11.3 Å². The second-order valence-electron chi connectivity index (χ2n) is 6.69. The Labute approximate surface area is 150 Å². The molecule has 3 heterocycles. The first kappa shape index (κ1) is 16.7. The van der Waals surface area contributed by atoms with Gasteiger partial charge in [0, 0.05) is 30.5 Å². The minimum absolute atomic E-state index is 0.0143. The van der Waals surface area contributed by atoms with E-state index in [-0.39, 0.29) is 23.9 Å². The summed E-state index contributed by atoms with van der Waals surface area (Å²) in [5, 5.41) is 1.76. The fraction of sp³-hybridized carbons (Fsp3) is 0.412. The molecule has 2 fully saturated rings. The summed E-state index contributed by atoms with van der Waals surface area (Å²) in [4.78, 5) is 18.7. The quantitative estimate of drug-likeness (QED) is 0.884. The maximum Gasteiger partial charge on any atom is 0.255 e. The molecule has 0 radical (unpaired) electrons. The van der Waals surface area contributed by atoms with Gasteiger partial charge in [0.2, 0.25) is 10.0 Å². The molecular formula is C17H19N3O3S2. The molecule has 25 heavy (non-hydrogen) atoms. The molecule has 4 rings (SSSR count). The van der Waals surface area contributed by atoms with Crippen LogP contribution < -0.4 is 4.72 Å². The molecule has 1 saturated heterocycles. The highest BCUT2D eigenvalue weighted by molar-refractivity contribution is 7.91. The lowest BCUT2D eigenvalue weighted by atomic mass is 10.0. The van der Waals surface area contributed by atoms with E-state index in [2.05, 4.69) is 9.71 Å². The van der Waals surface area contributed by atoms with Crippen LogP contribution in [0.15, 0.2) is 40.1 Å². The molecule has 2 aliphatic rings. The molecule has 2 aromatic heterocycles. The van der Waals surface area contributed by atoms with Gasteiger partial charge in [0.1, 0.15) is 4.21 Å². The van der Waals surface area contributed by atoms with Crippen molar-refractivity contribution >= 4 is 27.3 Å². The van der Waals surface area contributed by atoms with Crippen molar-refractivity contribution < 1.29 is 13.2 Å². The first-order chi connectivity index (χ1) is 11.9. The SMILES string of the molecule is Cc1ccc(C(=O)N2C[C@@H]3C[C@H]2C[C@@H]3NS(=O)(=O)c2cccs2)cn1. The Morgan fingerprint density at radius 1 is 1.32 bits per heavy atom. The molecule has 0 aromatic carbocycles. The number of aromatic nitrogens is 1. The zero-order valence-electron chi connectivity index (χ0n) is 13.8. The third-order valence-corrected chi connectivity index (χ3v) is 7.91. The number of carbonyl (C=O) groups excluding carboxylic acids is 1. The highest BCUT2D eigenvalue weighted by Crippen LogP contribution is 2.39. The Morgan fingerprint density at radius 2 is 2.16 bits per heavy atom. The number of nitrogens with zero attached hydrogens (tertiary/aromatic N) is 2. The molecule has 0 spiro atoms. The summed E-state index contributed by atoms with van der Waals surface area (Å²) in [5.41, 5.74) is 1.47. The molecule has 0 unspecified atom stereocenters. The number of piperidine rings is 1. The van der Waals surface area contributed by atoms with Crippen molar-refractivity contribution in [3.05, 3.63) is 47.1 Å². The van der Waals surface area contributed by atoms with Crippen LogP contribution in [0.4, 0.5) is 0 Å². The van der Waals surface area contributed by atoms with E-state index in [4.69, 9.17) is 0 Å². The minimum Gasteiger partial charge on any atom is -0.335 e. The number of fused-ring (bicyclic) bond motifs is 2. The number of sulfonamides is 1. The molecule has 1 aliphatic heterocycles. The summed E-state index contributed by atoms with van der Waals surface area (Å²) in [6.07, 6.45) is 3.13. The predicted octanol–water partition coefficient (Wildman–Crippen LogP) is 2.03. The maximum atomic E-state index is 12.7. The van der Waals surface area contributed by atoms with Gasteiger partial charge in [0.05, 0.1) is 5.56 Å². The first-order valence-electron chi connectivity index (χ1n) is 8.23. The lowest BCUT2D eigenvalue weighted by molar-refractivity contribution is 0.0691. The second-order valence-corrected chi connectivity index (χ2v) is 9.58. The standard InChI is InChI=1S/C17H19N3O3S2/c1-11-4-5-12(9-18-11)17(21)20-10-13-7-14(20)8-15(13)19-25(22,23)16-3-2-6-24-16/h2-6,9,13-15,19H,7-8,10H2,1H3/t13-,14-,15-/m0/s1. The van der Waals surface area contributed by atoms with Crippen molar-refractivity contribution in [2.75, 3.05) is 6.54 Å². The van der Waals surface area contributed by atoms with Crippen molar-refractivity contribution in [2.45, 2.75) is 36.1 Å². The molecule has 1 saturated carbocycles. The number of amides is 1. The van der Waals surface area contributed by atoms with Crippen LogP contribution in [0.25, 0.3) is 0 Å². The number of hydrogen-bond donors (Lipinski definition) is 1. The predicted molar refractivity (Wildman–Crippen MR) is 95.0 cm³/mol. The largest absolute Gasteiger partial charge is 0.335 e. The number of nitrogens with one attached hydrogen (secondary N) is 1. The van der Waals surface area contributed by atoms with Crippen LogP contribution in [0, 0.1) is 12.8 Å². The average molecular weight is 377 g/mol. The first-order valence-corrected chi connectivity index (χ1v) is 10.6. The van der Waals surface area contributed by atoms with Gasteiger partial charge < -0.3 is 4.90 Å². The topological polar surface area (TPSA) is 79.4 Å². The van der Waals surface area contributed by atoms with Crippen LogP contribution in [0.1, 0.15) is 28.9 Å². The van der Waals surface area contributed by atoms with E-state index in [9.17, 15) is 13.2 Å². The lowest BCUT2D eigenvalue weighted by Crippen LogP contribution is -2.47. The Balaban J connectivity index is 1.44. The molecule has 1 N–H and O–H groups in total. The molecule has 6 nitrogen and oxygen atoms in total. The van der Waals surface area contributed by atoms with Crippen LogP contribution in [-0.4, -0.2) is 42.8 Å². The van der Waals surface area contributed by atoms with Gasteiger partial charge in [-0.15, -0.1) is 11.3 Å². The third-order valence-electron chi connectivity index (χ3n) is 5.03. The minimum atomic E-state index is -3.46. The van der Waals surface area contributed by atoms with Gasteiger partial charge in [-0.3, -0.25) is 9.78 Å². The number of aryl methyl sites for hydroxylation is 1. The number of pyridine rings is 1. The molecule has 1 amide bonds. The van der Waals surface area contributed by atoms with Gasteiger partial charge in [0.25, 0.3) is 5.91 Å². The smallest absolute Gasteiger partial charge is 0.255 e. The lowest BCUT2D eigenvalue weighted by Gasteiger charge is -2.31. The zero-order chi connectivity index (χ0) is 17.6. The van der Waals surface area contributed by atoms with Crippen LogP contribution in [-0.2, 0) is 10.0 Å². The fourth-order valence-corrected chi connectivity index (χ4v) is 6.11. The Bertz CT molecular complexity index is 878. The van der Waals surface area contributed by atoms with Crippen molar-refractivity contribution in [1.29, 1.82) is 0 Å². The number of rotatable bonds is 4. The van der Waals surface area contributed by atoms with E-state index in [0.717, 1.165) is 12.1 Å². The van der Waals surface area contributed by atoms with Gasteiger partial charge in [0.15, 0.2) is 0 Å². The number of thiophene rings is 1. The summed E-state index contributed by atoms with van der Waals surface area (Å²) in [5.74, 6) is 0.154. The fourth-order valence-electron chi connectivity index (χ4n) is 3.78. The number of likely N-dealkylation sites (tertiary alicyclic amines) is 1. The average Bonchev–Trinajstić information content (AvgIpc) is 3.31. The molecule has 2 aromatic rings. The maximum absolute atomic E-state index is 12.7. The Hall–Kier alpha value is -1.77. The normalized spacial score (nSPS) is 25.5. The summed E-state index contributed by atoms with van der Waals surface area (Å²) >= 11 is 1.22. The van der Waals surface area contributed by atoms with Crippen LogP contribution in [0.2, 0.25) is 0 Å². The third kappa shape index (κ3) is 3.09. The molecule has 132 valence electrons. The highest BCUT2D eigenvalue weighted by atomic mass is 32.2. The van der Waals surface area contributed by atoms with E-state index in [0.29, 0.717) is 22.7 Å². The van der Waals surface area contributed by atoms with Gasteiger partial charge in [-0.25, -0.2) is 13.1 Å². The Kier molecular flexibility index (Phi) is 4.13. The molecular weight excluding hydrogens is 358 g/mol. The number of carbonyl (C=O) groups is 1. The van der Waals surface area contributed by atoms with Crippen molar-refractivity contribution in [2.24, 2.45) is 5.92 Å². The summed E-state index contributed by atoms with van der Waals surface area (Å²) < 4.78 is 28.0. The second kappa shape index (κ2) is 6.19. The monoisotopic (exact) mass is 377 g/mol. The molecule has 1 aliphatic carbocycles. The summed E-state index contributed by atoms with van der Waals surface area (Å²) in [6.45, 7) is 2.48. The van der Waals surface area contributed by atoms with Crippen molar-refractivity contribution in [3.8, 4) is 0 Å². The van der Waals surface area contributed by atoms with E-state index in [1.807, 2.05) is 17.9 Å². The molecule has 3 atom stereocenters. The van der Waals surface area contributed by atoms with E-state index >= 15 is 0 Å². The van der Waals surface area contributed by atoms with Gasteiger partial charge in [-0.2, -0.15) is 0 Å². The summed E-state index contributed by atoms with van der Waals surface area (Å²) in [6, 6.07) is 6.97. The molecule has 8 heteroatoms. The van der Waals surface area contributed by atoms with Gasteiger partial charge in [-0.05, 0) is 49.3 Å². The molecule has 2 bridgehead atoms.